The summed E-state index contributed by atoms with van der Waals surface area (Å²) < 4.78 is 12.4. The van der Waals surface area contributed by atoms with Gasteiger partial charge in [-0.25, -0.2) is 9.78 Å². The van der Waals surface area contributed by atoms with Crippen LogP contribution >= 0.6 is 0 Å². The highest BCUT2D eigenvalue weighted by Crippen LogP contribution is 2.55. The number of hydrogen-bond acceptors (Lipinski definition) is 6. The fraction of sp³-hybridized carbons (Fsp3) is 0.455. The molecule has 2 aromatic rings. The quantitative estimate of drug-likeness (QED) is 0.492. The van der Waals surface area contributed by atoms with Crippen LogP contribution in [0.1, 0.15) is 73.6 Å². The molecule has 8 heteroatoms. The normalized spacial score (nSPS) is 23.6. The van der Waals surface area contributed by atoms with Crippen molar-refractivity contribution < 1.29 is 29.0 Å². The lowest BCUT2D eigenvalue weighted by Crippen LogP contribution is -2.51. The SMILES string of the molecule is COc1ccc(-c2ccc(C)c(C(=O)O)n2)c(C)c1[C@H]1C2=C(CC(C)(C)CC2=O)OC2=C[C@@H](C(C)C)N(C)C(=O)[C@@H]21. The number of ketones is 1. The molecule has 1 aromatic heterocycles. The number of carbonyl (C=O) groups excluding carboxylic acids is 2. The van der Waals surface area contributed by atoms with Crippen LogP contribution in [0.5, 0.6) is 5.75 Å². The monoisotopic (exact) mass is 558 g/mol. The third-order valence-electron chi connectivity index (χ3n) is 8.73. The van der Waals surface area contributed by atoms with Crippen LogP contribution in [0, 0.1) is 31.1 Å². The number of allylic oxidation sites excluding steroid dienone is 2. The van der Waals surface area contributed by atoms with E-state index >= 15 is 0 Å². The first-order valence-corrected chi connectivity index (χ1v) is 14.1. The Kier molecular flexibility index (Phi) is 7.08. The van der Waals surface area contributed by atoms with Crippen LogP contribution in [0.25, 0.3) is 11.3 Å². The van der Waals surface area contributed by atoms with Crippen LogP contribution in [0.4, 0.5) is 0 Å². The van der Waals surface area contributed by atoms with E-state index in [4.69, 9.17) is 9.47 Å². The first-order chi connectivity index (χ1) is 19.3. The first-order valence-electron chi connectivity index (χ1n) is 14.1. The minimum atomic E-state index is -1.10. The second kappa shape index (κ2) is 10.2. The van der Waals surface area contributed by atoms with Crippen LogP contribution in [0.2, 0.25) is 0 Å². The van der Waals surface area contributed by atoms with Gasteiger partial charge in [0.25, 0.3) is 0 Å². The van der Waals surface area contributed by atoms with E-state index in [2.05, 4.69) is 32.7 Å². The summed E-state index contributed by atoms with van der Waals surface area (Å²) in [6.45, 7) is 11.9. The molecule has 3 aliphatic rings. The smallest absolute Gasteiger partial charge is 0.354 e. The van der Waals surface area contributed by atoms with Gasteiger partial charge in [0, 0.05) is 42.5 Å². The largest absolute Gasteiger partial charge is 0.496 e. The van der Waals surface area contributed by atoms with Gasteiger partial charge in [-0.05, 0) is 60.6 Å². The Hall–Kier alpha value is -3.94. The molecule has 3 atom stereocenters. The maximum absolute atomic E-state index is 14.1. The maximum Gasteiger partial charge on any atom is 0.354 e. The zero-order valence-corrected chi connectivity index (χ0v) is 25.0. The number of aryl methyl sites for hydroxylation is 1. The molecule has 1 aliphatic carbocycles. The number of ether oxygens (including phenoxy) is 2. The van der Waals surface area contributed by atoms with Crippen molar-refractivity contribution >= 4 is 17.7 Å². The number of rotatable bonds is 5. The number of hydrogen-bond donors (Lipinski definition) is 1. The number of benzene rings is 1. The molecule has 8 nitrogen and oxygen atoms in total. The summed E-state index contributed by atoms with van der Waals surface area (Å²) in [5, 5.41) is 9.70. The van der Waals surface area contributed by atoms with E-state index in [9.17, 15) is 19.5 Å². The Morgan fingerprint density at radius 1 is 1.12 bits per heavy atom. The summed E-state index contributed by atoms with van der Waals surface area (Å²) in [4.78, 5) is 46.1. The number of amides is 1. The van der Waals surface area contributed by atoms with E-state index in [0.29, 0.717) is 58.1 Å². The van der Waals surface area contributed by atoms with Crippen molar-refractivity contribution in [3.8, 4) is 17.0 Å². The van der Waals surface area contributed by atoms with Crippen molar-refractivity contribution in [2.24, 2.45) is 17.3 Å². The molecule has 41 heavy (non-hydrogen) atoms. The van der Waals surface area contributed by atoms with Gasteiger partial charge in [-0.2, -0.15) is 0 Å². The zero-order chi connectivity index (χ0) is 30.0. The molecule has 0 spiro atoms. The molecule has 216 valence electrons. The second-order valence-electron chi connectivity index (χ2n) is 12.6. The predicted molar refractivity (Wildman–Crippen MR) is 155 cm³/mol. The lowest BCUT2D eigenvalue weighted by atomic mass is 9.66. The third-order valence-corrected chi connectivity index (χ3v) is 8.73. The minimum absolute atomic E-state index is 0.0194. The molecule has 2 aliphatic heterocycles. The molecule has 1 aromatic carbocycles. The second-order valence-corrected chi connectivity index (χ2v) is 12.6. The number of methoxy groups -OCH3 is 1. The number of aromatic nitrogens is 1. The van der Waals surface area contributed by atoms with Gasteiger partial charge in [0.1, 0.15) is 23.2 Å². The topological polar surface area (TPSA) is 106 Å². The van der Waals surface area contributed by atoms with E-state index in [-0.39, 0.29) is 34.8 Å². The number of Topliss-reactive ketones (excluding diaryl/α,β-unsaturated/α-hetero) is 1. The van der Waals surface area contributed by atoms with Crippen molar-refractivity contribution in [3.05, 3.63) is 69.8 Å². The summed E-state index contributed by atoms with van der Waals surface area (Å²) in [6, 6.07) is 7.06. The number of aromatic carboxylic acids is 1. The van der Waals surface area contributed by atoms with Crippen molar-refractivity contribution in [1.29, 1.82) is 0 Å². The lowest BCUT2D eigenvalue weighted by molar-refractivity contribution is -0.139. The highest BCUT2D eigenvalue weighted by atomic mass is 16.5. The number of carboxylic acids is 1. The first kappa shape index (κ1) is 28.6. The predicted octanol–water partition coefficient (Wildman–Crippen LogP) is 5.83. The van der Waals surface area contributed by atoms with Crippen LogP contribution < -0.4 is 4.74 Å². The fourth-order valence-electron chi connectivity index (χ4n) is 6.69. The molecule has 0 radical (unpaired) electrons. The molecule has 5 rings (SSSR count). The van der Waals surface area contributed by atoms with Gasteiger partial charge in [-0.3, -0.25) is 9.59 Å². The van der Waals surface area contributed by atoms with Gasteiger partial charge >= 0.3 is 5.97 Å². The number of fused-ring (bicyclic) bond motifs is 1. The van der Waals surface area contributed by atoms with Crippen LogP contribution in [0.15, 0.2) is 47.4 Å². The van der Waals surface area contributed by atoms with Gasteiger partial charge in [-0.15, -0.1) is 0 Å². The summed E-state index contributed by atoms with van der Waals surface area (Å²) in [5.74, 6) is -0.682. The van der Waals surface area contributed by atoms with Gasteiger partial charge < -0.3 is 19.5 Å². The standard InChI is InChI=1S/C33H38N2O6/c1-16(2)21-13-24-28(31(37)35(21)7)29(27-22(36)14-33(5,6)15-25(27)41-24)26-18(4)19(10-12-23(26)40-8)20-11-9-17(3)30(34-20)32(38)39/h9-13,16,21,28-29H,14-15H2,1-8H3,(H,38,39)/t21-,28-,29-/m0/s1. The maximum atomic E-state index is 14.1. The third kappa shape index (κ3) is 4.73. The molecule has 3 heterocycles. The van der Waals surface area contributed by atoms with Gasteiger partial charge in [-0.1, -0.05) is 33.8 Å². The lowest BCUT2D eigenvalue weighted by Gasteiger charge is -2.46. The van der Waals surface area contributed by atoms with E-state index in [1.54, 1.807) is 38.1 Å². The van der Waals surface area contributed by atoms with Crippen LogP contribution in [-0.4, -0.2) is 52.8 Å². The van der Waals surface area contributed by atoms with Crippen LogP contribution in [-0.2, 0) is 14.3 Å². The highest BCUT2D eigenvalue weighted by Gasteiger charge is 2.52. The van der Waals surface area contributed by atoms with E-state index in [1.807, 2.05) is 25.1 Å². The summed E-state index contributed by atoms with van der Waals surface area (Å²) >= 11 is 0. The Balaban J connectivity index is 1.79. The van der Waals surface area contributed by atoms with Crippen LogP contribution in [0.3, 0.4) is 0 Å². The Morgan fingerprint density at radius 2 is 1.83 bits per heavy atom. The number of carbonyl (C=O) groups is 3. The number of nitrogens with zero attached hydrogens (tertiary/aromatic N) is 2. The molecule has 0 saturated heterocycles. The Labute approximate surface area is 241 Å². The number of pyridine rings is 1. The van der Waals surface area contributed by atoms with Gasteiger partial charge in [0.2, 0.25) is 5.91 Å². The van der Waals surface area contributed by atoms with E-state index in [0.717, 1.165) is 5.56 Å². The molecule has 1 N–H and O–H groups in total. The Bertz CT molecular complexity index is 1530. The summed E-state index contributed by atoms with van der Waals surface area (Å²) in [6.07, 6.45) is 2.96. The zero-order valence-electron chi connectivity index (χ0n) is 25.0. The highest BCUT2D eigenvalue weighted by molar-refractivity contribution is 6.01. The van der Waals surface area contributed by atoms with E-state index in [1.165, 1.54) is 0 Å². The molecule has 1 amide bonds. The Morgan fingerprint density at radius 3 is 2.46 bits per heavy atom. The number of carboxylic acid groups (broad SMARTS) is 1. The van der Waals surface area contributed by atoms with E-state index < -0.39 is 17.8 Å². The molecule has 0 saturated carbocycles. The minimum Gasteiger partial charge on any atom is -0.496 e. The average molecular weight is 559 g/mol. The number of likely N-dealkylation sites (N-methyl/N-ethyl adjacent to an activating group) is 1. The molecule has 0 fully saturated rings. The van der Waals surface area contributed by atoms with Crippen molar-refractivity contribution in [2.45, 2.75) is 66.3 Å². The van der Waals surface area contributed by atoms with Crippen molar-refractivity contribution in [1.82, 2.24) is 9.88 Å². The molecule has 0 unspecified atom stereocenters. The average Bonchev–Trinajstić information content (AvgIpc) is 2.88. The van der Waals surface area contributed by atoms with Crippen molar-refractivity contribution in [3.63, 3.8) is 0 Å². The van der Waals surface area contributed by atoms with Gasteiger partial charge in [0.15, 0.2) is 11.5 Å². The summed E-state index contributed by atoms with van der Waals surface area (Å²) in [5.41, 5.74) is 3.49. The summed E-state index contributed by atoms with van der Waals surface area (Å²) in [7, 11) is 3.38. The van der Waals surface area contributed by atoms with Crippen molar-refractivity contribution in [2.75, 3.05) is 14.2 Å². The molecular weight excluding hydrogens is 520 g/mol. The van der Waals surface area contributed by atoms with Gasteiger partial charge in [0.05, 0.1) is 18.8 Å². The fourth-order valence-corrected chi connectivity index (χ4v) is 6.69. The molecule has 0 bridgehead atoms. The molecular formula is C33H38N2O6.